The zero-order chi connectivity index (χ0) is 24.7. The average molecular weight is 487 g/mol. The molecule has 3 aromatic carbocycles. The Bertz CT molecular complexity index is 1290. The van der Waals surface area contributed by atoms with E-state index in [1.54, 1.807) is 30.3 Å². The Morgan fingerprint density at radius 1 is 0.882 bits per heavy atom. The van der Waals surface area contributed by atoms with Gasteiger partial charge < -0.3 is 14.2 Å². The molecule has 0 aromatic heterocycles. The molecule has 0 amide bonds. The first kappa shape index (κ1) is 24.3. The largest absolute Gasteiger partial charge is 0.497 e. The summed E-state index contributed by atoms with van der Waals surface area (Å²) in [6.45, 7) is 0. The Hall–Kier alpha value is -4.32. The summed E-state index contributed by atoms with van der Waals surface area (Å²) in [5, 5.41) is 15.3. The summed E-state index contributed by atoms with van der Waals surface area (Å²) < 4.78 is 44.0. The van der Waals surface area contributed by atoms with E-state index in [4.69, 9.17) is 14.2 Å². The number of anilines is 2. The minimum atomic E-state index is -4.21. The van der Waals surface area contributed by atoms with Crippen LogP contribution in [0.15, 0.2) is 70.7 Å². The second-order valence-corrected chi connectivity index (χ2v) is 8.44. The van der Waals surface area contributed by atoms with Crippen molar-refractivity contribution in [1.29, 1.82) is 0 Å². The van der Waals surface area contributed by atoms with E-state index >= 15 is 0 Å². The topological polar surface area (TPSA) is 141 Å². The van der Waals surface area contributed by atoms with Gasteiger partial charge in [-0.3, -0.25) is 20.3 Å². The summed E-state index contributed by atoms with van der Waals surface area (Å²) in [6.07, 6.45) is 1.43. The predicted octanol–water partition coefficient (Wildman–Crippen LogP) is 3.87. The van der Waals surface area contributed by atoms with E-state index in [-0.39, 0.29) is 22.0 Å². The van der Waals surface area contributed by atoms with E-state index < -0.39 is 14.9 Å². The van der Waals surface area contributed by atoms with Gasteiger partial charge >= 0.3 is 0 Å². The number of sulfonamides is 1. The maximum absolute atomic E-state index is 13.1. The molecule has 178 valence electrons. The van der Waals surface area contributed by atoms with Crippen molar-refractivity contribution in [3.8, 4) is 17.2 Å². The van der Waals surface area contributed by atoms with Gasteiger partial charge in [-0.05, 0) is 42.5 Å². The van der Waals surface area contributed by atoms with Crippen molar-refractivity contribution < 1.29 is 27.6 Å². The van der Waals surface area contributed by atoms with Gasteiger partial charge in [0.1, 0.15) is 22.1 Å². The average Bonchev–Trinajstić information content (AvgIpc) is 2.84. The van der Waals surface area contributed by atoms with Gasteiger partial charge in [-0.2, -0.15) is 5.10 Å². The lowest BCUT2D eigenvalue weighted by Crippen LogP contribution is -2.15. The molecular formula is C22H22N4O7S. The number of rotatable bonds is 10. The van der Waals surface area contributed by atoms with E-state index in [2.05, 4.69) is 15.2 Å². The molecule has 0 atom stereocenters. The van der Waals surface area contributed by atoms with Gasteiger partial charge in [0, 0.05) is 29.4 Å². The molecule has 0 heterocycles. The van der Waals surface area contributed by atoms with Crippen molar-refractivity contribution >= 4 is 33.3 Å². The molecule has 2 N–H and O–H groups in total. The molecule has 0 saturated carbocycles. The van der Waals surface area contributed by atoms with Crippen LogP contribution in [0, 0.1) is 10.1 Å². The third-order valence-electron chi connectivity index (χ3n) is 4.58. The van der Waals surface area contributed by atoms with E-state index in [0.717, 1.165) is 6.07 Å². The molecule has 0 unspecified atom stereocenters. The van der Waals surface area contributed by atoms with Crippen molar-refractivity contribution in [2.24, 2.45) is 5.10 Å². The summed E-state index contributed by atoms with van der Waals surface area (Å²) in [7, 11) is 0.304. The standard InChI is InChI=1S/C22H22N4O7S/c1-31-18-7-4-16(5-8-18)25-34(29,30)22-12-17(26(27)28)6-9-21(22)24-23-14-15-10-19(32-2)13-20(11-15)33-3/h4-14,24-25H,1-3H3/b23-14+. The number of hydrogen-bond donors (Lipinski definition) is 2. The Balaban J connectivity index is 1.92. The first-order chi connectivity index (χ1) is 16.2. The lowest BCUT2D eigenvalue weighted by atomic mass is 10.2. The molecule has 12 heteroatoms. The first-order valence-electron chi connectivity index (χ1n) is 9.73. The third-order valence-corrected chi connectivity index (χ3v) is 6.00. The normalized spacial score (nSPS) is 11.1. The zero-order valence-electron chi connectivity index (χ0n) is 18.5. The number of nitrogens with one attached hydrogen (secondary N) is 2. The van der Waals surface area contributed by atoms with Crippen LogP contribution in [0.5, 0.6) is 17.2 Å². The molecule has 0 radical (unpaired) electrons. The smallest absolute Gasteiger partial charge is 0.270 e. The van der Waals surface area contributed by atoms with Crippen molar-refractivity contribution in [3.63, 3.8) is 0 Å². The number of benzene rings is 3. The van der Waals surface area contributed by atoms with E-state index in [1.165, 1.54) is 51.8 Å². The zero-order valence-corrected chi connectivity index (χ0v) is 19.3. The Kier molecular flexibility index (Phi) is 7.53. The van der Waals surface area contributed by atoms with Crippen molar-refractivity contribution in [2.45, 2.75) is 4.90 Å². The van der Waals surface area contributed by atoms with Crippen LogP contribution in [0.25, 0.3) is 0 Å². The number of hydrazone groups is 1. The number of nitro benzene ring substituents is 1. The van der Waals surface area contributed by atoms with Crippen LogP contribution < -0.4 is 24.4 Å². The third kappa shape index (κ3) is 5.92. The van der Waals surface area contributed by atoms with Crippen molar-refractivity contribution in [2.75, 3.05) is 31.5 Å². The summed E-state index contributed by atoms with van der Waals surface area (Å²) in [4.78, 5) is 10.2. The maximum Gasteiger partial charge on any atom is 0.270 e. The monoisotopic (exact) mass is 486 g/mol. The summed E-state index contributed by atoms with van der Waals surface area (Å²) in [6, 6.07) is 14.7. The van der Waals surface area contributed by atoms with Crippen LogP contribution >= 0.6 is 0 Å². The molecule has 0 bridgehead atoms. The van der Waals surface area contributed by atoms with Gasteiger partial charge in [0.05, 0.1) is 38.2 Å². The van der Waals surface area contributed by atoms with Crippen LogP contribution in [0.3, 0.4) is 0 Å². The number of nitro groups is 1. The number of hydrogen-bond acceptors (Lipinski definition) is 9. The molecule has 0 aliphatic rings. The van der Waals surface area contributed by atoms with Crippen LogP contribution in [0.1, 0.15) is 5.56 Å². The molecule has 3 rings (SSSR count). The van der Waals surface area contributed by atoms with Gasteiger partial charge in [-0.1, -0.05) is 0 Å². The minimum absolute atomic E-state index is 0.0396. The molecule has 0 aliphatic carbocycles. The van der Waals surface area contributed by atoms with Gasteiger partial charge in [-0.25, -0.2) is 8.42 Å². The van der Waals surface area contributed by atoms with Crippen LogP contribution in [-0.2, 0) is 10.0 Å². The maximum atomic E-state index is 13.1. The summed E-state index contributed by atoms with van der Waals surface area (Å²) in [5.41, 5.74) is 3.16. The fraction of sp³-hybridized carbons (Fsp3) is 0.136. The van der Waals surface area contributed by atoms with Crippen molar-refractivity contribution in [3.05, 3.63) is 76.3 Å². The fourth-order valence-corrected chi connectivity index (χ4v) is 4.12. The first-order valence-corrected chi connectivity index (χ1v) is 11.2. The van der Waals surface area contributed by atoms with Gasteiger partial charge in [0.25, 0.3) is 15.7 Å². The molecule has 0 fully saturated rings. The van der Waals surface area contributed by atoms with Gasteiger partial charge in [0.2, 0.25) is 0 Å². The highest BCUT2D eigenvalue weighted by molar-refractivity contribution is 7.92. The molecule has 34 heavy (non-hydrogen) atoms. The van der Waals surface area contributed by atoms with Crippen molar-refractivity contribution in [1.82, 2.24) is 0 Å². The molecule has 3 aromatic rings. The fourth-order valence-electron chi connectivity index (χ4n) is 2.89. The van der Waals surface area contributed by atoms with Crippen LogP contribution in [0.2, 0.25) is 0 Å². The van der Waals surface area contributed by atoms with E-state index in [9.17, 15) is 18.5 Å². The SMILES string of the molecule is COc1ccc(NS(=O)(=O)c2cc([N+](=O)[O-])ccc2N/N=C/c2cc(OC)cc(OC)c2)cc1. The van der Waals surface area contributed by atoms with E-state index in [1.807, 2.05) is 0 Å². The molecule has 0 saturated heterocycles. The molecule has 0 aliphatic heterocycles. The summed E-state index contributed by atoms with van der Waals surface area (Å²) >= 11 is 0. The highest BCUT2D eigenvalue weighted by atomic mass is 32.2. The minimum Gasteiger partial charge on any atom is -0.497 e. The quantitative estimate of drug-likeness (QED) is 0.250. The Morgan fingerprint density at radius 2 is 1.50 bits per heavy atom. The van der Waals surface area contributed by atoms with Gasteiger partial charge in [-0.15, -0.1) is 0 Å². The number of nitrogens with zero attached hydrogens (tertiary/aromatic N) is 2. The highest BCUT2D eigenvalue weighted by Gasteiger charge is 2.22. The number of ether oxygens (including phenoxy) is 3. The highest BCUT2D eigenvalue weighted by Crippen LogP contribution is 2.29. The lowest BCUT2D eigenvalue weighted by Gasteiger charge is -2.12. The van der Waals surface area contributed by atoms with Crippen LogP contribution in [-0.4, -0.2) is 40.9 Å². The number of methoxy groups -OCH3 is 3. The predicted molar refractivity (Wildman–Crippen MR) is 128 cm³/mol. The summed E-state index contributed by atoms with van der Waals surface area (Å²) in [5.74, 6) is 1.63. The second-order valence-electron chi connectivity index (χ2n) is 6.79. The van der Waals surface area contributed by atoms with Gasteiger partial charge in [0.15, 0.2) is 0 Å². The molecular weight excluding hydrogens is 464 g/mol. The number of non-ortho nitro benzene ring substituents is 1. The van der Waals surface area contributed by atoms with Crippen LogP contribution in [0.4, 0.5) is 17.1 Å². The Morgan fingerprint density at radius 3 is 2.06 bits per heavy atom. The lowest BCUT2D eigenvalue weighted by molar-refractivity contribution is -0.385. The Labute approximate surface area is 196 Å². The van der Waals surface area contributed by atoms with E-state index in [0.29, 0.717) is 22.8 Å². The molecule has 11 nitrogen and oxygen atoms in total. The molecule has 0 spiro atoms. The second kappa shape index (κ2) is 10.5.